The van der Waals surface area contributed by atoms with Crippen molar-refractivity contribution in [1.29, 1.82) is 0 Å². The van der Waals surface area contributed by atoms with E-state index in [-0.39, 0.29) is 6.10 Å². The summed E-state index contributed by atoms with van der Waals surface area (Å²) in [6, 6.07) is 4.10. The molecule has 0 spiro atoms. The molecule has 0 bridgehead atoms. The molecule has 0 saturated heterocycles. The van der Waals surface area contributed by atoms with Crippen molar-refractivity contribution in [2.24, 2.45) is 0 Å². The highest BCUT2D eigenvalue weighted by molar-refractivity contribution is 7.97. The van der Waals surface area contributed by atoms with E-state index in [0.29, 0.717) is 24.1 Å². The van der Waals surface area contributed by atoms with Crippen LogP contribution in [0.15, 0.2) is 29.0 Å². The Hall–Kier alpha value is -1.86. The smallest absolute Gasteiger partial charge is 0.236 e. The predicted molar refractivity (Wildman–Crippen MR) is 89.3 cm³/mol. The molecule has 6 nitrogen and oxygen atoms in total. The summed E-state index contributed by atoms with van der Waals surface area (Å²) in [6.45, 7) is 6.57. The van der Waals surface area contributed by atoms with E-state index in [4.69, 9.17) is 9.26 Å². The zero-order valence-electron chi connectivity index (χ0n) is 13.5. The molecule has 3 rings (SSSR count). The normalized spacial score (nSPS) is 12.8. The number of aryl methyl sites for hydroxylation is 1. The molecule has 0 aromatic carbocycles. The number of fused-ring (bicyclic) bond motifs is 1. The highest BCUT2D eigenvalue weighted by atomic mass is 32.2. The molecule has 0 aliphatic heterocycles. The molecule has 0 N–H and O–H groups in total. The Balaban J connectivity index is 1.57. The Morgan fingerprint density at radius 2 is 2.22 bits per heavy atom. The Kier molecular flexibility index (Phi) is 4.97. The van der Waals surface area contributed by atoms with E-state index in [1.807, 2.05) is 26.1 Å². The molecule has 0 fully saturated rings. The molecule has 3 heterocycles. The summed E-state index contributed by atoms with van der Waals surface area (Å²) in [7, 11) is 0. The summed E-state index contributed by atoms with van der Waals surface area (Å²) in [5.74, 6) is 2.70. The van der Waals surface area contributed by atoms with Gasteiger partial charge in [-0.25, -0.2) is 4.98 Å². The van der Waals surface area contributed by atoms with E-state index in [9.17, 15) is 0 Å². The highest BCUT2D eigenvalue weighted by Gasteiger charge is 2.13. The molecular weight excluding hydrogens is 312 g/mol. The quantitative estimate of drug-likeness (QED) is 0.659. The van der Waals surface area contributed by atoms with Crippen molar-refractivity contribution in [3.63, 3.8) is 0 Å². The van der Waals surface area contributed by atoms with Gasteiger partial charge in [-0.05, 0) is 32.4 Å². The third kappa shape index (κ3) is 3.73. The average molecular weight is 332 g/mol. The molecule has 0 radical (unpaired) electrons. The van der Waals surface area contributed by atoms with Gasteiger partial charge in [0.05, 0.1) is 11.4 Å². The van der Waals surface area contributed by atoms with Gasteiger partial charge >= 0.3 is 0 Å². The van der Waals surface area contributed by atoms with Crippen LogP contribution in [0, 0.1) is 6.92 Å². The minimum Gasteiger partial charge on any atom is -0.371 e. The lowest BCUT2D eigenvalue weighted by molar-refractivity contribution is 0.0683. The molecule has 0 aliphatic carbocycles. The summed E-state index contributed by atoms with van der Waals surface area (Å²) < 4.78 is 12.8. The van der Waals surface area contributed by atoms with Crippen molar-refractivity contribution in [3.05, 3.63) is 47.5 Å². The summed E-state index contributed by atoms with van der Waals surface area (Å²) in [5, 5.41) is 3.96. The predicted octanol–water partition coefficient (Wildman–Crippen LogP) is 3.56. The standard InChI is InChI=1S/C16H20N4O2S/c1-4-21-12(3)15-18-14(22-19-15)10-23-9-13-8-20-7-5-6-11(2)16(20)17-13/h5-8,12H,4,9-10H2,1-3H3/t12-/m1/s1. The van der Waals surface area contributed by atoms with Gasteiger partial charge in [-0.1, -0.05) is 11.2 Å². The van der Waals surface area contributed by atoms with E-state index in [1.165, 1.54) is 5.56 Å². The monoisotopic (exact) mass is 332 g/mol. The first kappa shape index (κ1) is 16.0. The van der Waals surface area contributed by atoms with Gasteiger partial charge in [-0.15, -0.1) is 11.8 Å². The van der Waals surface area contributed by atoms with Gasteiger partial charge in [-0.2, -0.15) is 4.98 Å². The van der Waals surface area contributed by atoms with Crippen LogP contribution >= 0.6 is 11.8 Å². The van der Waals surface area contributed by atoms with Crippen LogP contribution in [0.5, 0.6) is 0 Å². The summed E-state index contributed by atoms with van der Waals surface area (Å²) >= 11 is 1.71. The maximum atomic E-state index is 5.46. The number of rotatable bonds is 7. The summed E-state index contributed by atoms with van der Waals surface area (Å²) in [4.78, 5) is 9.02. The number of imidazole rings is 1. The van der Waals surface area contributed by atoms with E-state index >= 15 is 0 Å². The van der Waals surface area contributed by atoms with Crippen LogP contribution in [0.25, 0.3) is 5.65 Å². The number of ether oxygens (including phenoxy) is 1. The van der Waals surface area contributed by atoms with Gasteiger partial charge in [0.2, 0.25) is 5.89 Å². The lowest BCUT2D eigenvalue weighted by Crippen LogP contribution is -2.01. The molecule has 122 valence electrons. The van der Waals surface area contributed by atoms with Crippen LogP contribution < -0.4 is 0 Å². The molecule has 0 saturated carbocycles. The number of aromatic nitrogens is 4. The Morgan fingerprint density at radius 3 is 3.00 bits per heavy atom. The first-order chi connectivity index (χ1) is 11.2. The third-order valence-electron chi connectivity index (χ3n) is 3.47. The number of thioether (sulfide) groups is 1. The second kappa shape index (κ2) is 7.14. The van der Waals surface area contributed by atoms with Crippen molar-refractivity contribution < 1.29 is 9.26 Å². The molecule has 3 aromatic heterocycles. The van der Waals surface area contributed by atoms with Crippen LogP contribution in [0.3, 0.4) is 0 Å². The number of hydrogen-bond donors (Lipinski definition) is 0. The van der Waals surface area contributed by atoms with E-state index in [0.717, 1.165) is 17.1 Å². The average Bonchev–Trinajstić information content (AvgIpc) is 3.15. The van der Waals surface area contributed by atoms with Gasteiger partial charge in [0.1, 0.15) is 11.8 Å². The van der Waals surface area contributed by atoms with Crippen LogP contribution in [-0.2, 0) is 16.2 Å². The third-order valence-corrected chi connectivity index (χ3v) is 4.42. The Bertz CT molecular complexity index is 783. The van der Waals surface area contributed by atoms with Crippen molar-refractivity contribution in [1.82, 2.24) is 19.5 Å². The van der Waals surface area contributed by atoms with Crippen molar-refractivity contribution in [2.45, 2.75) is 38.4 Å². The minimum absolute atomic E-state index is 0.135. The Labute approximate surface area is 139 Å². The largest absolute Gasteiger partial charge is 0.371 e. The molecule has 1 atom stereocenters. The molecule has 3 aromatic rings. The minimum atomic E-state index is -0.135. The maximum Gasteiger partial charge on any atom is 0.236 e. The van der Waals surface area contributed by atoms with Crippen molar-refractivity contribution in [3.8, 4) is 0 Å². The molecule has 0 amide bonds. The molecule has 0 unspecified atom stereocenters. The first-order valence-corrected chi connectivity index (χ1v) is 8.78. The van der Waals surface area contributed by atoms with Crippen LogP contribution in [0.1, 0.15) is 42.9 Å². The topological polar surface area (TPSA) is 65.5 Å². The zero-order chi connectivity index (χ0) is 16.2. The second-order valence-electron chi connectivity index (χ2n) is 5.29. The van der Waals surface area contributed by atoms with Gasteiger partial charge in [0.25, 0.3) is 0 Å². The summed E-state index contributed by atoms with van der Waals surface area (Å²) in [5.41, 5.74) is 3.23. The lowest BCUT2D eigenvalue weighted by Gasteiger charge is -2.04. The summed E-state index contributed by atoms with van der Waals surface area (Å²) in [6.07, 6.45) is 3.94. The highest BCUT2D eigenvalue weighted by Crippen LogP contribution is 2.20. The fourth-order valence-corrected chi connectivity index (χ4v) is 3.08. The van der Waals surface area contributed by atoms with Gasteiger partial charge in [-0.3, -0.25) is 0 Å². The zero-order valence-corrected chi connectivity index (χ0v) is 14.3. The van der Waals surface area contributed by atoms with E-state index in [2.05, 4.69) is 38.7 Å². The fourth-order valence-electron chi connectivity index (χ4n) is 2.33. The number of nitrogens with zero attached hydrogens (tertiary/aromatic N) is 4. The molecule has 23 heavy (non-hydrogen) atoms. The van der Waals surface area contributed by atoms with Crippen LogP contribution in [-0.4, -0.2) is 26.1 Å². The van der Waals surface area contributed by atoms with E-state index < -0.39 is 0 Å². The molecular formula is C16H20N4O2S. The van der Waals surface area contributed by atoms with Crippen LogP contribution in [0.4, 0.5) is 0 Å². The van der Waals surface area contributed by atoms with Gasteiger partial charge in [0.15, 0.2) is 5.82 Å². The SMILES string of the molecule is CCO[C@H](C)c1noc(CSCc2cn3cccc(C)c3n2)n1. The van der Waals surface area contributed by atoms with Crippen molar-refractivity contribution in [2.75, 3.05) is 6.61 Å². The van der Waals surface area contributed by atoms with Crippen molar-refractivity contribution >= 4 is 17.4 Å². The van der Waals surface area contributed by atoms with Gasteiger partial charge < -0.3 is 13.7 Å². The first-order valence-electron chi connectivity index (χ1n) is 7.62. The Morgan fingerprint density at radius 1 is 1.35 bits per heavy atom. The molecule has 0 aliphatic rings. The second-order valence-corrected chi connectivity index (χ2v) is 6.28. The van der Waals surface area contributed by atoms with Crippen LogP contribution in [0.2, 0.25) is 0 Å². The fraction of sp³-hybridized carbons (Fsp3) is 0.438. The van der Waals surface area contributed by atoms with E-state index in [1.54, 1.807) is 11.8 Å². The molecule has 7 heteroatoms. The number of hydrogen-bond acceptors (Lipinski definition) is 6. The number of pyridine rings is 1. The maximum absolute atomic E-state index is 5.46. The van der Waals surface area contributed by atoms with Gasteiger partial charge in [0, 0.05) is 24.8 Å². The lowest BCUT2D eigenvalue weighted by atomic mass is 10.3.